The molecule has 1 aliphatic heterocycles. The fraction of sp³-hybridized carbons (Fsp3) is 0.294. The SMILES string of the molecule is CC1CC(C(=O)O)=NN1C.Cc1ccnc(-c2[c-]cc(F)nc2F)c1.[Ir]. The van der Waals surface area contributed by atoms with Crippen LogP contribution in [0.1, 0.15) is 18.9 Å². The number of aryl methyl sites for hydroxylation is 1. The van der Waals surface area contributed by atoms with E-state index in [0.717, 1.165) is 11.6 Å². The largest absolute Gasteiger partial charge is 0.477 e. The molecule has 141 valence electrons. The van der Waals surface area contributed by atoms with Gasteiger partial charge in [-0.3, -0.25) is 9.99 Å². The summed E-state index contributed by atoms with van der Waals surface area (Å²) in [6, 6.07) is 7.17. The molecule has 1 unspecified atom stereocenters. The molecule has 1 N–H and O–H groups in total. The molecule has 0 aliphatic carbocycles. The molecule has 0 spiro atoms. The Morgan fingerprint density at radius 3 is 2.58 bits per heavy atom. The topological polar surface area (TPSA) is 78.7 Å². The zero-order chi connectivity index (χ0) is 18.6. The Balaban J connectivity index is 0.000000270. The molecule has 0 fully saturated rings. The molecule has 2 aromatic rings. The summed E-state index contributed by atoms with van der Waals surface area (Å²) in [5, 5.41) is 14.0. The molecule has 0 amide bonds. The third-order valence-electron chi connectivity index (χ3n) is 3.57. The number of hydrogen-bond acceptors (Lipinski definition) is 5. The smallest absolute Gasteiger partial charge is 0.352 e. The van der Waals surface area contributed by atoms with Crippen LogP contribution in [0.25, 0.3) is 11.3 Å². The molecule has 0 saturated heterocycles. The van der Waals surface area contributed by atoms with E-state index in [9.17, 15) is 13.6 Å². The van der Waals surface area contributed by atoms with Crippen molar-refractivity contribution in [1.29, 1.82) is 0 Å². The van der Waals surface area contributed by atoms with Gasteiger partial charge in [0.2, 0.25) is 0 Å². The number of carboxylic acid groups (broad SMARTS) is 1. The zero-order valence-corrected chi connectivity index (χ0v) is 16.7. The Morgan fingerprint density at radius 1 is 1.42 bits per heavy atom. The molecule has 0 bridgehead atoms. The normalized spacial score (nSPS) is 15.5. The first-order valence-corrected chi connectivity index (χ1v) is 7.48. The van der Waals surface area contributed by atoms with Gasteiger partial charge in [-0.2, -0.15) is 5.10 Å². The Labute approximate surface area is 163 Å². The Kier molecular flexibility index (Phi) is 7.92. The van der Waals surface area contributed by atoms with Gasteiger partial charge < -0.3 is 10.1 Å². The quantitative estimate of drug-likeness (QED) is 0.469. The third-order valence-corrected chi connectivity index (χ3v) is 3.57. The van der Waals surface area contributed by atoms with Gasteiger partial charge in [0.05, 0.1) is 0 Å². The third kappa shape index (κ3) is 5.64. The van der Waals surface area contributed by atoms with Gasteiger partial charge in [-0.1, -0.05) is 23.3 Å². The van der Waals surface area contributed by atoms with E-state index in [1.807, 2.05) is 13.8 Å². The van der Waals surface area contributed by atoms with Gasteiger partial charge >= 0.3 is 5.97 Å². The molecule has 26 heavy (non-hydrogen) atoms. The van der Waals surface area contributed by atoms with Gasteiger partial charge in [0.1, 0.15) is 17.6 Å². The number of hydrogen-bond donors (Lipinski definition) is 1. The summed E-state index contributed by atoms with van der Waals surface area (Å²) in [7, 11) is 1.78. The second-order valence-corrected chi connectivity index (χ2v) is 5.59. The van der Waals surface area contributed by atoms with Crippen LogP contribution in [0.5, 0.6) is 0 Å². The maximum Gasteiger partial charge on any atom is 0.352 e. The van der Waals surface area contributed by atoms with Crippen molar-refractivity contribution >= 4 is 11.7 Å². The number of pyridine rings is 2. The van der Waals surface area contributed by atoms with E-state index in [0.29, 0.717) is 12.1 Å². The minimum atomic E-state index is -0.906. The second kappa shape index (κ2) is 9.45. The van der Waals surface area contributed by atoms with E-state index >= 15 is 0 Å². The zero-order valence-electron chi connectivity index (χ0n) is 14.3. The van der Waals surface area contributed by atoms with Crippen LogP contribution in [-0.2, 0) is 24.9 Å². The molecule has 2 aromatic heterocycles. The van der Waals surface area contributed by atoms with Gasteiger partial charge in [0.25, 0.3) is 0 Å². The number of aromatic nitrogens is 2. The first-order chi connectivity index (χ1) is 11.8. The summed E-state index contributed by atoms with van der Waals surface area (Å²) < 4.78 is 25.8. The van der Waals surface area contributed by atoms with Crippen molar-refractivity contribution in [3.05, 3.63) is 47.9 Å². The second-order valence-electron chi connectivity index (χ2n) is 5.59. The van der Waals surface area contributed by atoms with Gasteiger partial charge in [-0.05, 0) is 25.6 Å². The van der Waals surface area contributed by atoms with Crippen molar-refractivity contribution < 1.29 is 38.8 Å². The summed E-state index contributed by atoms with van der Waals surface area (Å²) in [5.41, 5.74) is 1.69. The van der Waals surface area contributed by atoms with Crippen LogP contribution in [-0.4, -0.2) is 44.9 Å². The van der Waals surface area contributed by atoms with Crippen molar-refractivity contribution in [2.45, 2.75) is 26.3 Å². The van der Waals surface area contributed by atoms with Gasteiger partial charge in [0.15, 0.2) is 0 Å². The van der Waals surface area contributed by atoms with Crippen molar-refractivity contribution in [2.24, 2.45) is 5.10 Å². The first-order valence-electron chi connectivity index (χ1n) is 7.48. The summed E-state index contributed by atoms with van der Waals surface area (Å²) >= 11 is 0. The first kappa shape index (κ1) is 21.8. The van der Waals surface area contributed by atoms with Gasteiger partial charge in [-0.25, -0.2) is 13.6 Å². The van der Waals surface area contributed by atoms with Crippen molar-refractivity contribution in [3.63, 3.8) is 0 Å². The Morgan fingerprint density at radius 2 is 2.12 bits per heavy atom. The van der Waals surface area contributed by atoms with Gasteiger partial charge in [0, 0.05) is 45.8 Å². The van der Waals surface area contributed by atoms with Crippen LogP contribution in [0.3, 0.4) is 0 Å². The van der Waals surface area contributed by atoms with Crippen LogP contribution in [0, 0.1) is 24.9 Å². The number of rotatable bonds is 2. The molecular formula is C17H17F2IrN4O2-. The van der Waals surface area contributed by atoms with E-state index in [-0.39, 0.29) is 37.4 Å². The average molecular weight is 540 g/mol. The molecule has 0 aromatic carbocycles. The Hall–Kier alpha value is -2.25. The fourth-order valence-corrected chi connectivity index (χ4v) is 2.10. The average Bonchev–Trinajstić information content (AvgIpc) is 2.88. The minimum absolute atomic E-state index is 0. The van der Waals surface area contributed by atoms with Crippen LogP contribution >= 0.6 is 0 Å². The number of carboxylic acids is 1. The standard InChI is InChI=1S/C11H7F2N2.C6H10N2O2.Ir/c1-7-4-5-14-9(6-7)8-2-3-10(12)15-11(8)13;1-4-3-5(6(9)10)7-8(4)2;/h3-6H,1H3;4H,3H2,1-2H3,(H,9,10);/q-1;;. The number of carbonyl (C=O) groups is 1. The van der Waals surface area contributed by atoms with Crippen LogP contribution in [0.15, 0.2) is 29.5 Å². The molecule has 3 rings (SSSR count). The molecule has 3 heterocycles. The summed E-state index contributed by atoms with van der Waals surface area (Å²) in [4.78, 5) is 17.4. The number of halogens is 2. The van der Waals surface area contributed by atoms with E-state index < -0.39 is 17.9 Å². The predicted octanol–water partition coefficient (Wildman–Crippen LogP) is 2.68. The molecule has 9 heteroatoms. The Bertz CT molecular complexity index is 817. The molecule has 6 nitrogen and oxygen atoms in total. The van der Waals surface area contributed by atoms with E-state index in [1.54, 1.807) is 30.4 Å². The van der Waals surface area contributed by atoms with Crippen LogP contribution < -0.4 is 0 Å². The van der Waals surface area contributed by atoms with Crippen molar-refractivity contribution in [3.8, 4) is 11.3 Å². The maximum absolute atomic E-state index is 13.2. The van der Waals surface area contributed by atoms with E-state index in [4.69, 9.17) is 5.11 Å². The van der Waals surface area contributed by atoms with Crippen LogP contribution in [0.4, 0.5) is 8.78 Å². The van der Waals surface area contributed by atoms with Gasteiger partial charge in [-0.15, -0.1) is 6.07 Å². The monoisotopic (exact) mass is 540 g/mol. The molecule has 0 saturated carbocycles. The number of hydrazone groups is 1. The predicted molar refractivity (Wildman–Crippen MR) is 87.9 cm³/mol. The van der Waals surface area contributed by atoms with Crippen molar-refractivity contribution in [1.82, 2.24) is 15.0 Å². The number of nitrogens with zero attached hydrogens (tertiary/aromatic N) is 4. The number of aliphatic carboxylic acids is 1. The van der Waals surface area contributed by atoms with Crippen LogP contribution in [0.2, 0.25) is 0 Å². The fourth-order valence-electron chi connectivity index (χ4n) is 2.10. The molecule has 1 aliphatic rings. The molecule has 1 atom stereocenters. The molecule has 1 radical (unpaired) electrons. The summed E-state index contributed by atoms with van der Waals surface area (Å²) in [5.74, 6) is -2.69. The minimum Gasteiger partial charge on any atom is -0.477 e. The molecular weight excluding hydrogens is 522 g/mol. The van der Waals surface area contributed by atoms with E-state index in [1.165, 1.54) is 0 Å². The van der Waals surface area contributed by atoms with E-state index in [2.05, 4.69) is 21.1 Å². The maximum atomic E-state index is 13.2. The van der Waals surface area contributed by atoms with Crippen molar-refractivity contribution in [2.75, 3.05) is 7.05 Å². The summed E-state index contributed by atoms with van der Waals surface area (Å²) in [6.45, 7) is 3.81. The summed E-state index contributed by atoms with van der Waals surface area (Å²) in [6.07, 6.45) is 2.10.